The molecule has 0 aliphatic carbocycles. The molecule has 1 aromatic rings. The van der Waals surface area contributed by atoms with E-state index < -0.39 is 11.8 Å². The van der Waals surface area contributed by atoms with Gasteiger partial charge in [-0.25, -0.2) is 4.39 Å². The van der Waals surface area contributed by atoms with Gasteiger partial charge in [0.15, 0.2) is 0 Å². The van der Waals surface area contributed by atoms with E-state index in [1.165, 1.54) is 6.07 Å². The second-order valence-corrected chi connectivity index (χ2v) is 5.27. The fraction of sp³-hybridized carbons (Fsp3) is 0.529. The summed E-state index contributed by atoms with van der Waals surface area (Å²) in [6.07, 6.45) is 3.67. The fourth-order valence-electron chi connectivity index (χ4n) is 2.05. The molecule has 5 heteroatoms. The van der Waals surface area contributed by atoms with E-state index in [9.17, 15) is 14.0 Å². The molecule has 0 heterocycles. The van der Waals surface area contributed by atoms with Crippen molar-refractivity contribution in [1.29, 1.82) is 0 Å². The molecular formula is C17H25FN2O2. The van der Waals surface area contributed by atoms with E-state index >= 15 is 0 Å². The molecule has 0 bridgehead atoms. The number of carbonyl (C=O) groups is 2. The van der Waals surface area contributed by atoms with Crippen LogP contribution in [0.2, 0.25) is 0 Å². The molecule has 0 saturated heterocycles. The summed E-state index contributed by atoms with van der Waals surface area (Å²) in [5.41, 5.74) is 0.373. The van der Waals surface area contributed by atoms with E-state index in [4.69, 9.17) is 0 Å². The minimum absolute atomic E-state index is 0.0205. The number of nitrogens with zero attached hydrogens (tertiary/aromatic N) is 1. The largest absolute Gasteiger partial charge is 0.344 e. The zero-order valence-corrected chi connectivity index (χ0v) is 13.4. The van der Waals surface area contributed by atoms with Crippen LogP contribution < -0.4 is 5.32 Å². The van der Waals surface area contributed by atoms with E-state index in [0.29, 0.717) is 18.7 Å². The van der Waals surface area contributed by atoms with Crippen LogP contribution >= 0.6 is 0 Å². The number of rotatable bonds is 8. The van der Waals surface area contributed by atoms with Crippen molar-refractivity contribution in [2.75, 3.05) is 13.1 Å². The van der Waals surface area contributed by atoms with Gasteiger partial charge in [-0.1, -0.05) is 44.9 Å². The van der Waals surface area contributed by atoms with Crippen LogP contribution in [-0.4, -0.2) is 29.8 Å². The van der Waals surface area contributed by atoms with Crippen molar-refractivity contribution in [3.05, 3.63) is 35.6 Å². The third-order valence-electron chi connectivity index (χ3n) is 3.44. The highest BCUT2D eigenvalue weighted by atomic mass is 19.1. The summed E-state index contributed by atoms with van der Waals surface area (Å²) in [5, 5.41) is 2.50. The molecule has 22 heavy (non-hydrogen) atoms. The van der Waals surface area contributed by atoms with Crippen LogP contribution in [-0.2, 0) is 16.1 Å². The summed E-state index contributed by atoms with van der Waals surface area (Å²) in [6.45, 7) is 5.28. The molecule has 1 aromatic carbocycles. The Bertz CT molecular complexity index is 483. The quantitative estimate of drug-likeness (QED) is 0.751. The number of benzene rings is 1. The predicted molar refractivity (Wildman–Crippen MR) is 84.6 cm³/mol. The Morgan fingerprint density at radius 1 is 1.09 bits per heavy atom. The smallest absolute Gasteiger partial charge is 0.311 e. The van der Waals surface area contributed by atoms with Crippen LogP contribution in [0.15, 0.2) is 24.3 Å². The minimum Gasteiger partial charge on any atom is -0.344 e. The Morgan fingerprint density at radius 2 is 1.68 bits per heavy atom. The third-order valence-corrected chi connectivity index (χ3v) is 3.44. The number of unbranched alkanes of at least 4 members (excludes halogenated alkanes) is 2. The molecule has 1 rings (SSSR count). The molecule has 0 aromatic heterocycles. The summed E-state index contributed by atoms with van der Waals surface area (Å²) in [6, 6.07) is 6.20. The van der Waals surface area contributed by atoms with Gasteiger partial charge in [-0.2, -0.15) is 0 Å². The predicted octanol–water partition coefficient (Wildman–Crippen LogP) is 2.87. The highest BCUT2D eigenvalue weighted by molar-refractivity contribution is 6.34. The van der Waals surface area contributed by atoms with Gasteiger partial charge in [0.2, 0.25) is 0 Å². The molecule has 122 valence electrons. The molecule has 1 N–H and O–H groups in total. The van der Waals surface area contributed by atoms with Gasteiger partial charge in [0, 0.05) is 25.2 Å². The summed E-state index contributed by atoms with van der Waals surface area (Å²) in [4.78, 5) is 25.7. The molecule has 0 unspecified atom stereocenters. The van der Waals surface area contributed by atoms with Gasteiger partial charge in [-0.3, -0.25) is 9.59 Å². The van der Waals surface area contributed by atoms with Crippen molar-refractivity contribution in [3.63, 3.8) is 0 Å². The monoisotopic (exact) mass is 308 g/mol. The second kappa shape index (κ2) is 9.92. The zero-order valence-electron chi connectivity index (χ0n) is 13.4. The number of carbonyl (C=O) groups excluding carboxylic acids is 2. The fourth-order valence-corrected chi connectivity index (χ4v) is 2.05. The van der Waals surface area contributed by atoms with E-state index in [2.05, 4.69) is 5.32 Å². The van der Waals surface area contributed by atoms with Gasteiger partial charge in [0.05, 0.1) is 0 Å². The topological polar surface area (TPSA) is 49.4 Å². The Hall–Kier alpha value is -1.91. The maximum Gasteiger partial charge on any atom is 0.311 e. The lowest BCUT2D eigenvalue weighted by atomic mass is 10.2. The molecule has 0 radical (unpaired) electrons. The van der Waals surface area contributed by atoms with E-state index in [1.54, 1.807) is 23.1 Å². The van der Waals surface area contributed by atoms with Gasteiger partial charge in [0.25, 0.3) is 0 Å². The van der Waals surface area contributed by atoms with E-state index in [0.717, 1.165) is 25.7 Å². The minimum atomic E-state index is -0.671. The molecule has 0 saturated carbocycles. The highest BCUT2D eigenvalue weighted by Crippen LogP contribution is 2.06. The third kappa shape index (κ3) is 5.84. The lowest BCUT2D eigenvalue weighted by molar-refractivity contribution is -0.146. The molecule has 2 amide bonds. The Balaban J connectivity index is 2.57. The van der Waals surface area contributed by atoms with Crippen molar-refractivity contribution in [2.24, 2.45) is 0 Å². The molecule has 0 fully saturated rings. The maximum absolute atomic E-state index is 13.5. The first-order chi connectivity index (χ1) is 10.6. The summed E-state index contributed by atoms with van der Waals surface area (Å²) < 4.78 is 13.5. The Kier molecular flexibility index (Phi) is 8.18. The van der Waals surface area contributed by atoms with Gasteiger partial charge in [0.1, 0.15) is 5.82 Å². The first-order valence-corrected chi connectivity index (χ1v) is 7.90. The number of hydrogen-bond acceptors (Lipinski definition) is 2. The summed E-state index contributed by atoms with van der Waals surface area (Å²) in [5.74, 6) is -1.59. The maximum atomic E-state index is 13.5. The van der Waals surface area contributed by atoms with Crippen LogP contribution in [0.4, 0.5) is 4.39 Å². The normalized spacial score (nSPS) is 10.3. The molecule has 4 nitrogen and oxygen atoms in total. The zero-order chi connectivity index (χ0) is 16.4. The number of amides is 2. The number of halogens is 1. The molecule has 0 aliphatic rings. The Labute approximate surface area is 131 Å². The highest BCUT2D eigenvalue weighted by Gasteiger charge is 2.20. The van der Waals surface area contributed by atoms with Crippen molar-refractivity contribution >= 4 is 11.8 Å². The Morgan fingerprint density at radius 3 is 2.23 bits per heavy atom. The SMILES string of the molecule is CCCCN(CCCC)C(=O)C(=O)NCc1ccccc1F. The molecule has 0 atom stereocenters. The van der Waals surface area contributed by atoms with Crippen LogP contribution in [0.25, 0.3) is 0 Å². The van der Waals surface area contributed by atoms with Crippen LogP contribution in [0.5, 0.6) is 0 Å². The van der Waals surface area contributed by atoms with Gasteiger partial charge in [-0.15, -0.1) is 0 Å². The molecular weight excluding hydrogens is 283 g/mol. The lowest BCUT2D eigenvalue weighted by Gasteiger charge is -2.21. The summed E-state index contributed by atoms with van der Waals surface area (Å²) in [7, 11) is 0. The standard InChI is InChI=1S/C17H25FN2O2/c1-3-5-11-20(12-6-4-2)17(22)16(21)19-13-14-9-7-8-10-15(14)18/h7-10H,3-6,11-13H2,1-2H3,(H,19,21). The molecule has 0 spiro atoms. The van der Waals surface area contributed by atoms with Crippen LogP contribution in [0, 0.1) is 5.82 Å². The number of hydrogen-bond donors (Lipinski definition) is 1. The van der Waals surface area contributed by atoms with Crippen LogP contribution in [0.3, 0.4) is 0 Å². The van der Waals surface area contributed by atoms with Crippen molar-refractivity contribution in [3.8, 4) is 0 Å². The van der Waals surface area contributed by atoms with Crippen molar-refractivity contribution < 1.29 is 14.0 Å². The summed E-state index contributed by atoms with van der Waals surface area (Å²) >= 11 is 0. The van der Waals surface area contributed by atoms with Crippen LogP contribution in [0.1, 0.15) is 45.1 Å². The number of nitrogens with one attached hydrogen (secondary N) is 1. The van der Waals surface area contributed by atoms with Gasteiger partial charge >= 0.3 is 11.8 Å². The van der Waals surface area contributed by atoms with Crippen molar-refractivity contribution in [2.45, 2.75) is 46.1 Å². The van der Waals surface area contributed by atoms with Gasteiger partial charge in [-0.05, 0) is 18.9 Å². The average Bonchev–Trinajstić information content (AvgIpc) is 2.53. The molecule has 0 aliphatic heterocycles. The first-order valence-electron chi connectivity index (χ1n) is 7.90. The van der Waals surface area contributed by atoms with E-state index in [-0.39, 0.29) is 12.4 Å². The average molecular weight is 308 g/mol. The van der Waals surface area contributed by atoms with Gasteiger partial charge < -0.3 is 10.2 Å². The first kappa shape index (κ1) is 18.1. The second-order valence-electron chi connectivity index (χ2n) is 5.27. The van der Waals surface area contributed by atoms with E-state index in [1.807, 2.05) is 13.8 Å². The van der Waals surface area contributed by atoms with Crippen molar-refractivity contribution in [1.82, 2.24) is 10.2 Å². The lowest BCUT2D eigenvalue weighted by Crippen LogP contribution is -2.43.